The summed E-state index contributed by atoms with van der Waals surface area (Å²) in [7, 11) is -3.71. The molecule has 0 spiro atoms. The number of anilines is 2. The molecule has 0 radical (unpaired) electrons. The Morgan fingerprint density at radius 1 is 1.33 bits per heavy atom. The Hall–Kier alpha value is -1.27. The van der Waals surface area contributed by atoms with Gasteiger partial charge in [-0.1, -0.05) is 0 Å². The molecule has 100 valence electrons. The number of nitrogens with zero attached hydrogens (tertiary/aromatic N) is 1. The van der Waals surface area contributed by atoms with Crippen molar-refractivity contribution in [1.29, 1.82) is 0 Å². The van der Waals surface area contributed by atoms with E-state index in [-0.39, 0.29) is 4.90 Å². The minimum Gasteiger partial charge on any atom is -0.399 e. The Morgan fingerprint density at radius 3 is 2.50 bits per heavy atom. The fourth-order valence-electron chi connectivity index (χ4n) is 1.98. The van der Waals surface area contributed by atoms with Crippen LogP contribution in [0.5, 0.6) is 0 Å². The first-order chi connectivity index (χ1) is 8.40. The van der Waals surface area contributed by atoms with Crippen LogP contribution in [-0.2, 0) is 10.0 Å². The lowest BCUT2D eigenvalue weighted by atomic mass is 10.2. The van der Waals surface area contributed by atoms with E-state index >= 15 is 0 Å². The zero-order valence-electron chi connectivity index (χ0n) is 10.5. The number of hydrogen-bond acceptors (Lipinski definition) is 4. The second-order valence-electron chi connectivity index (χ2n) is 4.79. The Labute approximate surface area is 108 Å². The highest BCUT2D eigenvalue weighted by Crippen LogP contribution is 2.32. The highest BCUT2D eigenvalue weighted by Gasteiger charge is 2.24. The van der Waals surface area contributed by atoms with Crippen molar-refractivity contribution in [2.24, 2.45) is 11.1 Å². The molecule has 1 aliphatic rings. The number of rotatable bonds is 5. The summed E-state index contributed by atoms with van der Waals surface area (Å²) < 4.78 is 22.8. The third kappa shape index (κ3) is 3.14. The minimum atomic E-state index is -3.71. The molecule has 0 aromatic heterocycles. The monoisotopic (exact) mass is 269 g/mol. The molecule has 0 saturated heterocycles. The number of primary sulfonamides is 1. The van der Waals surface area contributed by atoms with E-state index in [0.29, 0.717) is 5.69 Å². The van der Waals surface area contributed by atoms with Crippen LogP contribution in [0, 0.1) is 5.92 Å². The van der Waals surface area contributed by atoms with Gasteiger partial charge in [-0.05, 0) is 43.9 Å². The normalized spacial score (nSPS) is 15.7. The van der Waals surface area contributed by atoms with Crippen LogP contribution >= 0.6 is 0 Å². The predicted octanol–water partition coefficient (Wildman–Crippen LogP) is 1.15. The Morgan fingerprint density at radius 2 is 2.00 bits per heavy atom. The Balaban J connectivity index is 2.33. The molecule has 1 aromatic carbocycles. The van der Waals surface area contributed by atoms with E-state index in [1.807, 2.05) is 6.92 Å². The summed E-state index contributed by atoms with van der Waals surface area (Å²) in [5.74, 6) is 0.726. The van der Waals surface area contributed by atoms with Gasteiger partial charge in [0.1, 0.15) is 0 Å². The first-order valence-electron chi connectivity index (χ1n) is 6.08. The molecule has 1 aromatic rings. The number of hydrogen-bond donors (Lipinski definition) is 2. The molecule has 0 bridgehead atoms. The van der Waals surface area contributed by atoms with Gasteiger partial charge in [-0.25, -0.2) is 13.6 Å². The molecule has 18 heavy (non-hydrogen) atoms. The van der Waals surface area contributed by atoms with Crippen molar-refractivity contribution in [2.75, 3.05) is 23.7 Å². The lowest BCUT2D eigenvalue weighted by molar-refractivity contribution is 0.597. The van der Waals surface area contributed by atoms with Crippen LogP contribution in [0.3, 0.4) is 0 Å². The van der Waals surface area contributed by atoms with Crippen molar-refractivity contribution in [1.82, 2.24) is 0 Å². The fourth-order valence-corrected chi connectivity index (χ4v) is 2.57. The standard InChI is InChI=1S/C12H19N3O2S/c1-2-15(8-9-3-4-9)11-5-10(13)6-12(7-11)18(14,16)17/h5-7,9H,2-4,8,13H2,1H3,(H2,14,16,17). The van der Waals surface area contributed by atoms with Gasteiger partial charge >= 0.3 is 0 Å². The molecular formula is C12H19N3O2S. The molecule has 1 fully saturated rings. The fraction of sp³-hybridized carbons (Fsp3) is 0.500. The molecule has 5 nitrogen and oxygen atoms in total. The summed E-state index contributed by atoms with van der Waals surface area (Å²) in [5.41, 5.74) is 7.00. The molecule has 1 aliphatic carbocycles. The second kappa shape index (κ2) is 4.78. The van der Waals surface area contributed by atoms with Crippen LogP contribution in [0.2, 0.25) is 0 Å². The van der Waals surface area contributed by atoms with E-state index < -0.39 is 10.0 Å². The largest absolute Gasteiger partial charge is 0.399 e. The van der Waals surface area contributed by atoms with Gasteiger partial charge in [-0.3, -0.25) is 0 Å². The average molecular weight is 269 g/mol. The van der Waals surface area contributed by atoms with Crippen LogP contribution in [0.1, 0.15) is 19.8 Å². The van der Waals surface area contributed by atoms with Gasteiger partial charge in [0.15, 0.2) is 0 Å². The Bertz CT molecular complexity index is 538. The zero-order valence-corrected chi connectivity index (χ0v) is 11.3. The van der Waals surface area contributed by atoms with E-state index in [1.54, 1.807) is 12.1 Å². The van der Waals surface area contributed by atoms with E-state index in [2.05, 4.69) is 4.90 Å². The molecule has 1 saturated carbocycles. The van der Waals surface area contributed by atoms with Gasteiger partial charge in [-0.15, -0.1) is 0 Å². The number of benzene rings is 1. The summed E-state index contributed by atoms with van der Waals surface area (Å²) in [5, 5.41) is 5.15. The third-order valence-electron chi connectivity index (χ3n) is 3.16. The topological polar surface area (TPSA) is 89.4 Å². The van der Waals surface area contributed by atoms with Crippen LogP contribution < -0.4 is 15.8 Å². The summed E-state index contributed by atoms with van der Waals surface area (Å²) >= 11 is 0. The molecule has 6 heteroatoms. The van der Waals surface area contributed by atoms with Crippen molar-refractivity contribution >= 4 is 21.4 Å². The van der Waals surface area contributed by atoms with Gasteiger partial charge in [0, 0.05) is 24.5 Å². The highest BCUT2D eigenvalue weighted by molar-refractivity contribution is 7.89. The smallest absolute Gasteiger partial charge is 0.238 e. The summed E-state index contributed by atoms with van der Waals surface area (Å²) in [4.78, 5) is 2.22. The van der Waals surface area contributed by atoms with Crippen LogP contribution in [-0.4, -0.2) is 21.5 Å². The lowest BCUT2D eigenvalue weighted by Gasteiger charge is -2.23. The third-order valence-corrected chi connectivity index (χ3v) is 4.06. The maximum absolute atomic E-state index is 11.4. The van der Waals surface area contributed by atoms with E-state index in [0.717, 1.165) is 24.7 Å². The zero-order chi connectivity index (χ0) is 13.3. The van der Waals surface area contributed by atoms with E-state index in [4.69, 9.17) is 10.9 Å². The minimum absolute atomic E-state index is 0.0757. The van der Waals surface area contributed by atoms with E-state index in [1.165, 1.54) is 18.9 Å². The van der Waals surface area contributed by atoms with Crippen LogP contribution in [0.15, 0.2) is 23.1 Å². The van der Waals surface area contributed by atoms with Gasteiger partial charge in [0.05, 0.1) is 4.90 Å². The van der Waals surface area contributed by atoms with Crippen LogP contribution in [0.25, 0.3) is 0 Å². The Kier molecular flexibility index (Phi) is 3.49. The quantitative estimate of drug-likeness (QED) is 0.785. The first-order valence-corrected chi connectivity index (χ1v) is 7.63. The molecule has 0 heterocycles. The predicted molar refractivity (Wildman–Crippen MR) is 72.8 cm³/mol. The summed E-state index contributed by atoms with van der Waals surface area (Å²) in [6.45, 7) is 3.82. The molecule has 0 amide bonds. The average Bonchev–Trinajstić information content (AvgIpc) is 3.07. The van der Waals surface area contributed by atoms with Gasteiger partial charge in [0.25, 0.3) is 0 Å². The first kappa shape index (κ1) is 13.2. The van der Waals surface area contributed by atoms with Crippen LogP contribution in [0.4, 0.5) is 11.4 Å². The molecule has 4 N–H and O–H groups in total. The summed E-state index contributed by atoms with van der Waals surface area (Å²) in [6, 6.07) is 4.78. The van der Waals surface area contributed by atoms with Crippen molar-refractivity contribution in [3.8, 4) is 0 Å². The maximum atomic E-state index is 11.4. The molecule has 0 atom stereocenters. The SMILES string of the molecule is CCN(CC1CC1)c1cc(N)cc(S(N)(=O)=O)c1. The molecule has 0 unspecified atom stereocenters. The van der Waals surface area contributed by atoms with E-state index in [9.17, 15) is 8.42 Å². The highest BCUT2D eigenvalue weighted by atomic mass is 32.2. The van der Waals surface area contributed by atoms with Gasteiger partial charge in [-0.2, -0.15) is 0 Å². The molecule has 0 aliphatic heterocycles. The van der Waals surface area contributed by atoms with Crippen molar-refractivity contribution in [2.45, 2.75) is 24.7 Å². The molecule has 2 rings (SSSR count). The summed E-state index contributed by atoms with van der Waals surface area (Å²) in [6.07, 6.45) is 2.50. The van der Waals surface area contributed by atoms with Gasteiger partial charge < -0.3 is 10.6 Å². The number of nitrogen functional groups attached to an aromatic ring is 1. The second-order valence-corrected chi connectivity index (χ2v) is 6.35. The maximum Gasteiger partial charge on any atom is 0.238 e. The lowest BCUT2D eigenvalue weighted by Crippen LogP contribution is -2.25. The number of sulfonamides is 1. The van der Waals surface area contributed by atoms with Crippen molar-refractivity contribution in [3.63, 3.8) is 0 Å². The number of nitrogens with two attached hydrogens (primary N) is 2. The van der Waals surface area contributed by atoms with Crippen molar-refractivity contribution in [3.05, 3.63) is 18.2 Å². The van der Waals surface area contributed by atoms with Gasteiger partial charge in [0.2, 0.25) is 10.0 Å². The molecular weight excluding hydrogens is 250 g/mol. The van der Waals surface area contributed by atoms with Crippen molar-refractivity contribution < 1.29 is 8.42 Å².